The highest BCUT2D eigenvalue weighted by Gasteiger charge is 2.35. The highest BCUT2D eigenvalue weighted by Crippen LogP contribution is 2.33. The van der Waals surface area contributed by atoms with Crippen molar-refractivity contribution < 1.29 is 0 Å². The standard InChI is InChI=1S/C22H26N2Si/c1-3-10-19(2)17-25-22(24-16-15-23-18-24,20-11-6-4-7-12-20)21-13-8-5-9-14-21/h4-9,11-18H,3,10,25H2,1-2H3. The molecule has 3 aromatic rings. The van der Waals surface area contributed by atoms with Gasteiger partial charge in [-0.1, -0.05) is 85.3 Å². The van der Waals surface area contributed by atoms with Crippen LogP contribution in [0.25, 0.3) is 0 Å². The monoisotopic (exact) mass is 346 g/mol. The summed E-state index contributed by atoms with van der Waals surface area (Å²) in [6.07, 6.45) is 8.34. The number of rotatable bonds is 7. The Kier molecular flexibility index (Phi) is 5.66. The van der Waals surface area contributed by atoms with E-state index in [-0.39, 0.29) is 5.16 Å². The van der Waals surface area contributed by atoms with E-state index in [2.05, 4.69) is 96.0 Å². The van der Waals surface area contributed by atoms with Crippen LogP contribution in [0.2, 0.25) is 0 Å². The molecule has 1 heterocycles. The van der Waals surface area contributed by atoms with E-state index in [0.29, 0.717) is 0 Å². The molecule has 25 heavy (non-hydrogen) atoms. The van der Waals surface area contributed by atoms with Gasteiger partial charge in [0.2, 0.25) is 0 Å². The van der Waals surface area contributed by atoms with Crippen molar-refractivity contribution in [3.05, 3.63) is 102 Å². The van der Waals surface area contributed by atoms with Gasteiger partial charge >= 0.3 is 0 Å². The van der Waals surface area contributed by atoms with Gasteiger partial charge in [0, 0.05) is 12.4 Å². The van der Waals surface area contributed by atoms with Crippen molar-refractivity contribution in [3.63, 3.8) is 0 Å². The molecule has 0 spiro atoms. The van der Waals surface area contributed by atoms with Gasteiger partial charge in [-0.2, -0.15) is 0 Å². The van der Waals surface area contributed by atoms with Crippen molar-refractivity contribution in [2.45, 2.75) is 31.9 Å². The minimum Gasteiger partial charge on any atom is -0.326 e. The summed E-state index contributed by atoms with van der Waals surface area (Å²) in [5.41, 5.74) is 6.71. The predicted molar refractivity (Wildman–Crippen MR) is 108 cm³/mol. The molecule has 0 amide bonds. The molecule has 0 atom stereocenters. The number of aromatic nitrogens is 2. The lowest BCUT2D eigenvalue weighted by Crippen LogP contribution is -2.41. The van der Waals surface area contributed by atoms with Crippen LogP contribution in [0.1, 0.15) is 37.8 Å². The molecule has 0 bridgehead atoms. The molecule has 3 heteroatoms. The molecule has 0 fully saturated rings. The van der Waals surface area contributed by atoms with E-state index >= 15 is 0 Å². The van der Waals surface area contributed by atoms with Gasteiger partial charge in [-0.15, -0.1) is 0 Å². The van der Waals surface area contributed by atoms with Crippen LogP contribution in [0.15, 0.2) is 90.7 Å². The zero-order valence-electron chi connectivity index (χ0n) is 15.1. The molecule has 2 nitrogen and oxygen atoms in total. The van der Waals surface area contributed by atoms with E-state index in [1.54, 1.807) is 0 Å². The van der Waals surface area contributed by atoms with Gasteiger partial charge in [-0.25, -0.2) is 4.98 Å². The number of nitrogens with zero attached hydrogens (tertiary/aromatic N) is 2. The fraction of sp³-hybridized carbons (Fsp3) is 0.227. The minimum absolute atomic E-state index is 0.145. The molecule has 0 aliphatic heterocycles. The Balaban J connectivity index is 2.19. The number of hydrogen-bond donors (Lipinski definition) is 0. The Morgan fingerprint density at radius 1 is 1.04 bits per heavy atom. The van der Waals surface area contributed by atoms with Gasteiger partial charge in [-0.3, -0.25) is 0 Å². The Morgan fingerprint density at radius 2 is 1.64 bits per heavy atom. The van der Waals surface area contributed by atoms with E-state index < -0.39 is 9.52 Å². The summed E-state index contributed by atoms with van der Waals surface area (Å²) in [4.78, 5) is 4.37. The van der Waals surface area contributed by atoms with Crippen LogP contribution in [-0.2, 0) is 5.16 Å². The van der Waals surface area contributed by atoms with Gasteiger partial charge in [0.25, 0.3) is 0 Å². The Morgan fingerprint density at radius 3 is 2.12 bits per heavy atom. The lowest BCUT2D eigenvalue weighted by Gasteiger charge is -2.36. The third-order valence-corrected chi connectivity index (χ3v) is 7.51. The average Bonchev–Trinajstić information content (AvgIpc) is 3.19. The van der Waals surface area contributed by atoms with Crippen LogP contribution < -0.4 is 0 Å². The summed E-state index contributed by atoms with van der Waals surface area (Å²) in [6.45, 7) is 4.52. The summed E-state index contributed by atoms with van der Waals surface area (Å²) in [5.74, 6) is 0. The molecule has 0 radical (unpaired) electrons. The molecule has 1 aromatic heterocycles. The maximum Gasteiger partial charge on any atom is 0.0954 e. The van der Waals surface area contributed by atoms with Crippen LogP contribution in [0, 0.1) is 0 Å². The number of benzene rings is 2. The third-order valence-electron chi connectivity index (χ3n) is 4.84. The molecular formula is C22H26N2Si. The molecule has 0 unspecified atom stereocenters. The minimum atomic E-state index is -0.654. The predicted octanol–water partition coefficient (Wildman–Crippen LogP) is 4.51. The van der Waals surface area contributed by atoms with Crippen LogP contribution in [-0.4, -0.2) is 19.1 Å². The van der Waals surface area contributed by atoms with Gasteiger partial charge in [0.1, 0.15) is 0 Å². The quantitative estimate of drug-likeness (QED) is 0.576. The zero-order chi connectivity index (χ0) is 17.5. The largest absolute Gasteiger partial charge is 0.326 e. The lowest BCUT2D eigenvalue weighted by molar-refractivity contribution is 0.596. The molecular weight excluding hydrogens is 320 g/mol. The lowest BCUT2D eigenvalue weighted by atomic mass is 9.97. The molecule has 2 aromatic carbocycles. The molecule has 0 saturated carbocycles. The second-order valence-corrected chi connectivity index (χ2v) is 8.41. The number of hydrogen-bond acceptors (Lipinski definition) is 1. The van der Waals surface area contributed by atoms with Crippen molar-refractivity contribution in [3.8, 4) is 0 Å². The van der Waals surface area contributed by atoms with Crippen molar-refractivity contribution >= 4 is 9.52 Å². The van der Waals surface area contributed by atoms with Crippen molar-refractivity contribution in [2.24, 2.45) is 0 Å². The molecule has 3 rings (SSSR count). The first kappa shape index (κ1) is 17.4. The molecule has 0 saturated heterocycles. The summed E-state index contributed by atoms with van der Waals surface area (Å²) in [7, 11) is -0.654. The first-order valence-electron chi connectivity index (χ1n) is 9.02. The highest BCUT2D eigenvalue weighted by molar-refractivity contribution is 6.47. The normalized spacial score (nSPS) is 12.8. The first-order valence-corrected chi connectivity index (χ1v) is 10.5. The third kappa shape index (κ3) is 3.66. The van der Waals surface area contributed by atoms with Crippen molar-refractivity contribution in [1.29, 1.82) is 0 Å². The smallest absolute Gasteiger partial charge is 0.0954 e. The van der Waals surface area contributed by atoms with E-state index in [0.717, 1.165) is 0 Å². The number of imidazole rings is 1. The Labute approximate surface area is 153 Å². The summed E-state index contributed by atoms with van der Waals surface area (Å²) < 4.78 is 2.31. The Hall–Kier alpha value is -2.39. The van der Waals surface area contributed by atoms with Gasteiger partial charge < -0.3 is 4.57 Å². The van der Waals surface area contributed by atoms with E-state index in [4.69, 9.17) is 0 Å². The van der Waals surface area contributed by atoms with Crippen molar-refractivity contribution in [2.75, 3.05) is 0 Å². The second-order valence-electron chi connectivity index (χ2n) is 6.57. The molecule has 128 valence electrons. The molecule has 0 aliphatic carbocycles. The SMILES string of the molecule is CCCC(C)=C[SiH2]C(c1ccccc1)(c1ccccc1)n1ccnc1. The average molecular weight is 347 g/mol. The maximum atomic E-state index is 4.37. The second kappa shape index (κ2) is 8.12. The van der Waals surface area contributed by atoms with Gasteiger partial charge in [-0.05, 0) is 24.5 Å². The van der Waals surface area contributed by atoms with Gasteiger partial charge in [0.05, 0.1) is 21.0 Å². The number of allylic oxidation sites excluding steroid dienone is 1. The molecule has 0 N–H and O–H groups in total. The van der Waals surface area contributed by atoms with Crippen LogP contribution >= 0.6 is 0 Å². The Bertz CT molecular complexity index is 753. The first-order chi connectivity index (χ1) is 12.3. The van der Waals surface area contributed by atoms with Crippen LogP contribution in [0.4, 0.5) is 0 Å². The fourth-order valence-corrected chi connectivity index (χ4v) is 5.73. The van der Waals surface area contributed by atoms with Gasteiger partial charge in [0.15, 0.2) is 0 Å². The summed E-state index contributed by atoms with van der Waals surface area (Å²) in [5, 5.41) is -0.145. The van der Waals surface area contributed by atoms with E-state index in [1.165, 1.54) is 29.5 Å². The van der Waals surface area contributed by atoms with E-state index in [1.807, 2.05) is 12.5 Å². The fourth-order valence-electron chi connectivity index (χ4n) is 3.54. The van der Waals surface area contributed by atoms with E-state index in [9.17, 15) is 0 Å². The van der Waals surface area contributed by atoms with Crippen LogP contribution in [0.5, 0.6) is 0 Å². The molecule has 0 aliphatic rings. The summed E-state index contributed by atoms with van der Waals surface area (Å²) >= 11 is 0. The topological polar surface area (TPSA) is 17.8 Å². The van der Waals surface area contributed by atoms with Crippen molar-refractivity contribution in [1.82, 2.24) is 9.55 Å². The summed E-state index contributed by atoms with van der Waals surface area (Å²) in [6, 6.07) is 21.8. The highest BCUT2D eigenvalue weighted by atomic mass is 28.2. The van der Waals surface area contributed by atoms with Crippen LogP contribution in [0.3, 0.4) is 0 Å². The zero-order valence-corrected chi connectivity index (χ0v) is 16.5. The maximum absolute atomic E-state index is 4.37.